The quantitative estimate of drug-likeness (QED) is 0.446. The fourth-order valence-corrected chi connectivity index (χ4v) is 10.5. The minimum atomic E-state index is -2.82. The number of nitrogens with zero attached hydrogens (tertiary/aromatic N) is 1. The zero-order valence-corrected chi connectivity index (χ0v) is 15.7. The van der Waals surface area contributed by atoms with Crippen molar-refractivity contribution in [3.8, 4) is 6.07 Å². The second-order valence-electron chi connectivity index (χ2n) is 5.51. The maximum absolute atomic E-state index is 9.73. The number of hydrogen-bond acceptors (Lipinski definition) is 1. The minimum absolute atomic E-state index is 0.490. The van der Waals surface area contributed by atoms with Gasteiger partial charge >= 0.3 is 151 Å². The molecule has 0 fully saturated rings. The Hall–Kier alpha value is -1.69. The molecule has 3 aromatic rings. The molecule has 114 valence electrons. The van der Waals surface area contributed by atoms with Gasteiger partial charge in [0.2, 0.25) is 0 Å². The molecule has 0 spiro atoms. The van der Waals surface area contributed by atoms with E-state index >= 15 is 0 Å². The summed E-state index contributed by atoms with van der Waals surface area (Å²) in [6.07, 6.45) is 0.490. The molecule has 0 saturated carbocycles. The number of halogens is 1. The Morgan fingerprint density at radius 2 is 0.957 bits per heavy atom. The van der Waals surface area contributed by atoms with E-state index in [4.69, 9.17) is 0 Å². The van der Waals surface area contributed by atoms with E-state index in [0.717, 1.165) is 0 Å². The summed E-state index contributed by atoms with van der Waals surface area (Å²) >= 11 is 2.61. The van der Waals surface area contributed by atoms with Gasteiger partial charge in [-0.3, -0.25) is 0 Å². The second-order valence-corrected chi connectivity index (χ2v) is 16.1. The predicted molar refractivity (Wildman–Crippen MR) is 110 cm³/mol. The zero-order valence-electron chi connectivity index (χ0n) is 12.6. The van der Waals surface area contributed by atoms with Crippen LogP contribution in [0.2, 0.25) is 0 Å². The Bertz CT molecular complexity index is 726. The van der Waals surface area contributed by atoms with E-state index in [0.29, 0.717) is 6.16 Å². The molecule has 1 nitrogen and oxygen atoms in total. The van der Waals surface area contributed by atoms with E-state index in [1.807, 2.05) is 18.2 Å². The monoisotopic (exact) mass is 429 g/mol. The molecule has 0 N–H and O–H groups in total. The Morgan fingerprint density at radius 3 is 1.22 bits per heavy atom. The molecule has 3 heteroatoms. The molecule has 0 amide bonds. The van der Waals surface area contributed by atoms with Gasteiger partial charge in [0, 0.05) is 0 Å². The third-order valence-corrected chi connectivity index (χ3v) is 15.1. The first kappa shape index (κ1) is 16.2. The van der Waals surface area contributed by atoms with E-state index in [9.17, 15) is 5.26 Å². The van der Waals surface area contributed by atoms with Crippen molar-refractivity contribution >= 4 is 42.2 Å². The summed E-state index contributed by atoms with van der Waals surface area (Å²) in [4.78, 5) is 0. The van der Waals surface area contributed by atoms with Crippen molar-refractivity contribution in [1.82, 2.24) is 0 Å². The number of benzene rings is 3. The van der Waals surface area contributed by atoms with Crippen molar-refractivity contribution in [2.75, 3.05) is 6.16 Å². The molecule has 3 aromatic carbocycles. The van der Waals surface area contributed by atoms with Crippen molar-refractivity contribution in [3.05, 3.63) is 91.0 Å². The van der Waals surface area contributed by atoms with Gasteiger partial charge in [-0.05, 0) is 0 Å². The first-order valence-corrected chi connectivity index (χ1v) is 12.7. The fourth-order valence-electron chi connectivity index (χ4n) is 3.07. The summed E-state index contributed by atoms with van der Waals surface area (Å²) in [5, 5.41) is 13.5. The van der Waals surface area contributed by atoms with Crippen molar-refractivity contribution in [2.45, 2.75) is 0 Å². The van der Waals surface area contributed by atoms with E-state index in [2.05, 4.69) is 101 Å². The van der Waals surface area contributed by atoms with Crippen molar-refractivity contribution in [1.29, 1.82) is 5.26 Å². The summed E-state index contributed by atoms with van der Waals surface area (Å²) in [6.45, 7) is 0. The molecule has 0 aromatic heterocycles. The Balaban J connectivity index is 2.44. The van der Waals surface area contributed by atoms with Gasteiger partial charge in [-0.15, -0.1) is 0 Å². The molecule has 0 aliphatic carbocycles. The van der Waals surface area contributed by atoms with Crippen LogP contribution in [-0.2, 0) is 0 Å². The summed E-state index contributed by atoms with van der Waals surface area (Å²) in [7, 11) is 0. The van der Waals surface area contributed by atoms with Gasteiger partial charge < -0.3 is 0 Å². The number of nitriles is 1. The average molecular weight is 429 g/mol. The van der Waals surface area contributed by atoms with Crippen LogP contribution >= 0.6 is 26.3 Å². The third kappa shape index (κ3) is 2.59. The number of hydrogen-bond donors (Lipinski definition) is 0. The van der Waals surface area contributed by atoms with Gasteiger partial charge in [0.1, 0.15) is 0 Å². The van der Waals surface area contributed by atoms with Crippen molar-refractivity contribution in [3.63, 3.8) is 0 Å². The molecule has 0 unspecified atom stereocenters. The van der Waals surface area contributed by atoms with Gasteiger partial charge in [0.25, 0.3) is 0 Å². The van der Waals surface area contributed by atoms with Gasteiger partial charge in [0.05, 0.1) is 0 Å². The van der Waals surface area contributed by atoms with Crippen LogP contribution in [0.15, 0.2) is 91.0 Å². The molecule has 0 bridgehead atoms. The molecule has 23 heavy (non-hydrogen) atoms. The summed E-state index contributed by atoms with van der Waals surface area (Å²) in [6, 6.07) is 34.0. The topological polar surface area (TPSA) is 23.8 Å². The van der Waals surface area contributed by atoms with Gasteiger partial charge in [-0.2, -0.15) is 0 Å². The normalized spacial score (nSPS) is 12.8. The summed E-state index contributed by atoms with van der Waals surface area (Å²) < 4.78 is -2.82. The molecule has 3 rings (SSSR count). The third-order valence-electron chi connectivity index (χ3n) is 4.25. The SMILES string of the molecule is N#CCP(I)(c1ccccc1)(c1ccccc1)c1ccccc1. The first-order valence-electron chi connectivity index (χ1n) is 7.47. The van der Waals surface area contributed by atoms with E-state index in [-0.39, 0.29) is 0 Å². The Kier molecular flexibility index (Phi) is 4.53. The maximum atomic E-state index is 9.73. The van der Waals surface area contributed by atoms with Crippen LogP contribution in [0.3, 0.4) is 0 Å². The van der Waals surface area contributed by atoms with Crippen LogP contribution < -0.4 is 15.9 Å². The number of rotatable bonds is 4. The van der Waals surface area contributed by atoms with Gasteiger partial charge in [0.15, 0.2) is 0 Å². The van der Waals surface area contributed by atoms with Crippen LogP contribution in [-0.4, -0.2) is 6.16 Å². The molecular formula is C20H17INP. The predicted octanol–water partition coefficient (Wildman–Crippen LogP) is 4.39. The standard InChI is InChI=1S/C20H17INP/c21-23(17-16-22,18-10-4-1-5-11-18,19-12-6-2-7-13-19)20-14-8-3-9-15-20/h1-15H,17H2. The molecule has 0 aliphatic heterocycles. The molecule has 0 atom stereocenters. The van der Waals surface area contributed by atoms with Crippen molar-refractivity contribution < 1.29 is 0 Å². The molecule has 0 aliphatic rings. The van der Waals surface area contributed by atoms with Gasteiger partial charge in [-0.1, -0.05) is 0 Å². The molecule has 0 heterocycles. The van der Waals surface area contributed by atoms with Crippen molar-refractivity contribution in [2.24, 2.45) is 0 Å². The fraction of sp³-hybridized carbons (Fsp3) is 0.0500. The van der Waals surface area contributed by atoms with E-state index in [1.54, 1.807) is 0 Å². The summed E-state index contributed by atoms with van der Waals surface area (Å²) in [5.74, 6) is 0. The van der Waals surface area contributed by atoms with Crippen LogP contribution in [0.1, 0.15) is 0 Å². The van der Waals surface area contributed by atoms with Crippen LogP contribution in [0, 0.1) is 11.3 Å². The molecule has 0 saturated heterocycles. The van der Waals surface area contributed by atoms with Crippen LogP contribution in [0.5, 0.6) is 0 Å². The Morgan fingerprint density at radius 1 is 0.652 bits per heavy atom. The Labute approximate surface area is 150 Å². The van der Waals surface area contributed by atoms with Crippen LogP contribution in [0.25, 0.3) is 0 Å². The molecular weight excluding hydrogens is 412 g/mol. The van der Waals surface area contributed by atoms with E-state index < -0.39 is 4.25 Å². The summed E-state index contributed by atoms with van der Waals surface area (Å²) in [5.41, 5.74) is 0. The van der Waals surface area contributed by atoms with Crippen LogP contribution in [0.4, 0.5) is 0 Å². The van der Waals surface area contributed by atoms with Gasteiger partial charge in [-0.25, -0.2) is 0 Å². The average Bonchev–Trinajstić information content (AvgIpc) is 2.64. The second kappa shape index (κ2) is 6.43. The zero-order chi connectivity index (χ0) is 16.2. The molecule has 0 radical (unpaired) electrons. The first-order chi connectivity index (χ1) is 11.2. The van der Waals surface area contributed by atoms with E-state index in [1.165, 1.54) is 15.9 Å².